The monoisotopic (exact) mass is 400 g/mol. The second-order valence-corrected chi connectivity index (χ2v) is 7.95. The molecule has 26 heavy (non-hydrogen) atoms. The van der Waals surface area contributed by atoms with Gasteiger partial charge in [0.25, 0.3) is 0 Å². The lowest BCUT2D eigenvalue weighted by Crippen LogP contribution is -2.68. The first-order valence-electron chi connectivity index (χ1n) is 7.66. The van der Waals surface area contributed by atoms with Crippen LogP contribution in [0.5, 0.6) is 0 Å². The van der Waals surface area contributed by atoms with Gasteiger partial charge in [-0.2, -0.15) is 0 Å². The topological polar surface area (TPSA) is 175 Å². The first kappa shape index (κ1) is 18.7. The third-order valence-electron chi connectivity index (χ3n) is 4.27. The van der Waals surface area contributed by atoms with Crippen molar-refractivity contribution in [2.45, 2.75) is 35.2 Å². The number of amides is 1. The first-order valence-corrected chi connectivity index (χ1v) is 9.59. The van der Waals surface area contributed by atoms with E-state index in [0.29, 0.717) is 5.57 Å². The normalized spacial score (nSPS) is 24.7. The Labute approximate surface area is 155 Å². The average molecular weight is 400 g/mol. The highest BCUT2D eigenvalue weighted by Gasteiger charge is 2.53. The Morgan fingerprint density at radius 3 is 2.77 bits per heavy atom. The summed E-state index contributed by atoms with van der Waals surface area (Å²) in [4.78, 5) is 36.9. The first-order chi connectivity index (χ1) is 12.4. The van der Waals surface area contributed by atoms with Crippen molar-refractivity contribution < 1.29 is 24.6 Å². The van der Waals surface area contributed by atoms with Crippen LogP contribution in [0, 0.1) is 5.92 Å². The number of H-pyrrole nitrogens is 1. The molecule has 2 aliphatic heterocycles. The number of carbonyl (C=O) groups is 3. The SMILES string of the molecule is CCC(C(=O)O)C(Sc1nnn[nH]1)C1=C(C(=O)O)N2C(=O)C(N)[C@H]2SC1. The van der Waals surface area contributed by atoms with Crippen LogP contribution in [0.2, 0.25) is 0 Å². The molecule has 0 radical (unpaired) electrons. The molecule has 1 saturated heterocycles. The van der Waals surface area contributed by atoms with Crippen molar-refractivity contribution in [1.29, 1.82) is 0 Å². The number of hydrogen-bond donors (Lipinski definition) is 4. The molecule has 140 valence electrons. The summed E-state index contributed by atoms with van der Waals surface area (Å²) in [6.45, 7) is 1.70. The van der Waals surface area contributed by atoms with Gasteiger partial charge in [-0.3, -0.25) is 14.5 Å². The van der Waals surface area contributed by atoms with E-state index >= 15 is 0 Å². The lowest BCUT2D eigenvalue weighted by atomic mass is 9.93. The van der Waals surface area contributed by atoms with E-state index in [2.05, 4.69) is 20.6 Å². The summed E-state index contributed by atoms with van der Waals surface area (Å²) in [5, 5.41) is 31.6. The molecule has 2 aliphatic rings. The molecular formula is C13H16N6O5S2. The predicted octanol–water partition coefficient (Wildman–Crippen LogP) is -0.648. The van der Waals surface area contributed by atoms with Crippen LogP contribution < -0.4 is 5.73 Å². The van der Waals surface area contributed by atoms with E-state index in [4.69, 9.17) is 5.73 Å². The van der Waals surface area contributed by atoms with E-state index in [9.17, 15) is 24.6 Å². The van der Waals surface area contributed by atoms with Gasteiger partial charge in [-0.05, 0) is 22.4 Å². The smallest absolute Gasteiger partial charge is 0.352 e. The molecule has 1 amide bonds. The zero-order valence-corrected chi connectivity index (χ0v) is 15.2. The van der Waals surface area contributed by atoms with E-state index in [1.165, 1.54) is 11.8 Å². The van der Waals surface area contributed by atoms with E-state index in [1.807, 2.05) is 0 Å². The van der Waals surface area contributed by atoms with E-state index in [1.54, 1.807) is 6.92 Å². The number of tetrazole rings is 1. The van der Waals surface area contributed by atoms with Gasteiger partial charge in [-0.15, -0.1) is 16.9 Å². The molecule has 1 fully saturated rings. The summed E-state index contributed by atoms with van der Waals surface area (Å²) >= 11 is 2.36. The number of β-lactam (4-membered cyclic amide) rings is 1. The van der Waals surface area contributed by atoms with Crippen LogP contribution in [-0.2, 0) is 14.4 Å². The second kappa shape index (κ2) is 7.25. The summed E-state index contributed by atoms with van der Waals surface area (Å²) in [7, 11) is 0. The Morgan fingerprint density at radius 1 is 1.50 bits per heavy atom. The number of carboxylic acids is 2. The Hall–Kier alpha value is -2.12. The molecule has 3 heterocycles. The highest BCUT2D eigenvalue weighted by Crippen LogP contribution is 2.45. The number of thioether (sulfide) groups is 2. The van der Waals surface area contributed by atoms with Crippen LogP contribution in [0.15, 0.2) is 16.4 Å². The second-order valence-electron chi connectivity index (χ2n) is 5.71. The van der Waals surface area contributed by atoms with Crippen molar-refractivity contribution in [1.82, 2.24) is 25.5 Å². The third-order valence-corrected chi connectivity index (χ3v) is 6.86. The zero-order chi connectivity index (χ0) is 19.0. The maximum atomic E-state index is 12.1. The van der Waals surface area contributed by atoms with Crippen LogP contribution in [0.1, 0.15) is 13.3 Å². The summed E-state index contributed by atoms with van der Waals surface area (Å²) in [5.41, 5.74) is 5.91. The molecule has 1 aromatic heterocycles. The number of fused-ring (bicyclic) bond motifs is 1. The molecule has 4 atom stereocenters. The van der Waals surface area contributed by atoms with Crippen molar-refractivity contribution in [3.63, 3.8) is 0 Å². The number of aromatic nitrogens is 4. The molecule has 0 bridgehead atoms. The van der Waals surface area contributed by atoms with Crippen molar-refractivity contribution >= 4 is 41.4 Å². The fraction of sp³-hybridized carbons (Fsp3) is 0.538. The van der Waals surface area contributed by atoms with Crippen molar-refractivity contribution in [3.8, 4) is 0 Å². The highest BCUT2D eigenvalue weighted by atomic mass is 32.2. The van der Waals surface area contributed by atoms with Gasteiger partial charge >= 0.3 is 11.9 Å². The minimum atomic E-state index is -1.29. The Bertz CT molecular complexity index is 769. The Kier molecular flexibility index (Phi) is 5.20. The van der Waals surface area contributed by atoms with Crippen molar-refractivity contribution in [3.05, 3.63) is 11.3 Å². The lowest BCUT2D eigenvalue weighted by Gasteiger charge is -2.49. The number of aliphatic carboxylic acids is 2. The Morgan fingerprint density at radius 2 is 2.23 bits per heavy atom. The molecule has 0 saturated carbocycles. The quantitative estimate of drug-likeness (QED) is 0.338. The van der Waals surface area contributed by atoms with Gasteiger partial charge < -0.3 is 15.9 Å². The van der Waals surface area contributed by atoms with Gasteiger partial charge in [0.2, 0.25) is 11.1 Å². The van der Waals surface area contributed by atoms with Crippen LogP contribution >= 0.6 is 23.5 Å². The Balaban J connectivity index is 2.06. The number of nitrogens with one attached hydrogen (secondary N) is 1. The fourth-order valence-corrected chi connectivity index (χ4v) is 5.67. The lowest BCUT2D eigenvalue weighted by molar-refractivity contribution is -0.148. The number of hydrogen-bond acceptors (Lipinski definition) is 9. The maximum absolute atomic E-state index is 12.1. The van der Waals surface area contributed by atoms with Gasteiger partial charge in [-0.25, -0.2) is 9.89 Å². The number of nitrogens with two attached hydrogens (primary N) is 1. The fourth-order valence-electron chi connectivity index (χ4n) is 2.99. The van der Waals surface area contributed by atoms with E-state index < -0.39 is 40.4 Å². The summed E-state index contributed by atoms with van der Waals surface area (Å²) in [6.07, 6.45) is 0.270. The molecule has 0 aliphatic carbocycles. The molecular weight excluding hydrogens is 384 g/mol. The van der Waals surface area contributed by atoms with Crippen LogP contribution in [0.4, 0.5) is 0 Å². The molecule has 11 nitrogen and oxygen atoms in total. The van der Waals surface area contributed by atoms with Gasteiger partial charge in [0, 0.05) is 5.75 Å². The van der Waals surface area contributed by atoms with Crippen molar-refractivity contribution in [2.24, 2.45) is 11.7 Å². The molecule has 1 aromatic rings. The van der Waals surface area contributed by atoms with Crippen LogP contribution in [0.3, 0.4) is 0 Å². The average Bonchev–Trinajstić information content (AvgIpc) is 3.12. The van der Waals surface area contributed by atoms with Crippen LogP contribution in [-0.4, -0.2) is 76.0 Å². The van der Waals surface area contributed by atoms with Gasteiger partial charge in [0.1, 0.15) is 17.1 Å². The number of rotatable bonds is 7. The number of carboxylic acid groups (broad SMARTS) is 2. The summed E-state index contributed by atoms with van der Waals surface area (Å²) < 4.78 is 0. The molecule has 0 aromatic carbocycles. The predicted molar refractivity (Wildman–Crippen MR) is 91.0 cm³/mol. The minimum absolute atomic E-state index is 0.190. The largest absolute Gasteiger partial charge is 0.481 e. The minimum Gasteiger partial charge on any atom is -0.481 e. The number of aromatic amines is 1. The molecule has 3 unspecified atom stereocenters. The van der Waals surface area contributed by atoms with E-state index in [-0.39, 0.29) is 23.0 Å². The van der Waals surface area contributed by atoms with Crippen molar-refractivity contribution in [2.75, 3.05) is 5.75 Å². The van der Waals surface area contributed by atoms with E-state index in [0.717, 1.165) is 16.7 Å². The van der Waals surface area contributed by atoms with Gasteiger partial charge in [0.05, 0.1) is 11.2 Å². The summed E-state index contributed by atoms with van der Waals surface area (Å²) in [5.74, 6) is -3.45. The third kappa shape index (κ3) is 3.05. The van der Waals surface area contributed by atoms with Gasteiger partial charge in [0.15, 0.2) is 0 Å². The molecule has 13 heteroatoms. The standard InChI is InChI=1S/C13H16N6O5S2/c1-2-4(11(21)22)8(26-13-15-17-18-16-13)5-3-25-10-6(14)9(20)19(10)7(5)12(23)24/h4,6,8,10H,2-3,14H2,1H3,(H,21,22)(H,23,24)(H,15,16,17,18)/t4?,6?,8?,10-/m1/s1. The summed E-state index contributed by atoms with van der Waals surface area (Å²) in [6, 6.07) is -0.748. The number of nitrogens with zero attached hydrogens (tertiary/aromatic N) is 4. The molecule has 3 rings (SSSR count). The number of carbonyl (C=O) groups excluding carboxylic acids is 1. The zero-order valence-electron chi connectivity index (χ0n) is 13.5. The van der Waals surface area contributed by atoms with Crippen LogP contribution in [0.25, 0.3) is 0 Å². The highest BCUT2D eigenvalue weighted by molar-refractivity contribution is 8.01. The molecule has 0 spiro atoms. The van der Waals surface area contributed by atoms with Gasteiger partial charge in [-0.1, -0.05) is 18.7 Å². The molecule has 5 N–H and O–H groups in total. The maximum Gasteiger partial charge on any atom is 0.352 e.